The van der Waals surface area contributed by atoms with Gasteiger partial charge in [0.25, 0.3) is 0 Å². The summed E-state index contributed by atoms with van der Waals surface area (Å²) >= 11 is 1.53. The molecule has 1 aliphatic rings. The first-order valence-electron chi connectivity index (χ1n) is 10.9. The Kier molecular flexibility index (Phi) is 9.24. The van der Waals surface area contributed by atoms with Crippen LogP contribution in [0.3, 0.4) is 0 Å². The van der Waals surface area contributed by atoms with Gasteiger partial charge >= 0.3 is 13.7 Å². The van der Waals surface area contributed by atoms with E-state index in [4.69, 9.17) is 13.8 Å². The van der Waals surface area contributed by atoms with Gasteiger partial charge in [-0.3, -0.25) is 9.46 Å². The van der Waals surface area contributed by atoms with Crippen LogP contribution in [0.25, 0.3) is 0 Å². The van der Waals surface area contributed by atoms with Crippen LogP contribution in [-0.4, -0.2) is 62.5 Å². The number of ether oxygens (including phenoxy) is 1. The minimum atomic E-state index is -3.84. The van der Waals surface area contributed by atoms with Gasteiger partial charge in [0.15, 0.2) is 5.78 Å². The Hall–Kier alpha value is -1.09. The molecule has 8 nitrogen and oxygen atoms in total. The summed E-state index contributed by atoms with van der Waals surface area (Å²) < 4.78 is 30.9. The van der Waals surface area contributed by atoms with Gasteiger partial charge in [-0.15, -0.1) is 11.8 Å². The Labute approximate surface area is 196 Å². The van der Waals surface area contributed by atoms with Crippen molar-refractivity contribution in [2.24, 2.45) is 0 Å². The largest absolute Gasteiger partial charge is 0.444 e. The van der Waals surface area contributed by atoms with E-state index in [2.05, 4.69) is 0 Å². The lowest BCUT2D eigenvalue weighted by Gasteiger charge is -2.42. The highest BCUT2D eigenvalue weighted by Gasteiger charge is 2.55. The third-order valence-corrected chi connectivity index (χ3v) is 8.79. The van der Waals surface area contributed by atoms with E-state index in [9.17, 15) is 14.6 Å². The molecule has 1 fully saturated rings. The molecule has 0 saturated carbocycles. The topological polar surface area (TPSA) is 88.5 Å². The maximum absolute atomic E-state index is 14.0. The number of thioether (sulfide) groups is 1. The normalized spacial score (nSPS) is 19.9. The number of benzene rings is 1. The number of nitrogens with zero attached hydrogens (tertiary/aromatic N) is 2. The first-order chi connectivity index (χ1) is 14.8. The molecule has 2 rings (SSSR count). The van der Waals surface area contributed by atoms with E-state index >= 15 is 0 Å². The molecule has 2 atom stereocenters. The van der Waals surface area contributed by atoms with Crippen molar-refractivity contribution in [1.82, 2.24) is 9.96 Å². The van der Waals surface area contributed by atoms with Gasteiger partial charge in [0, 0.05) is 12.3 Å². The van der Waals surface area contributed by atoms with Crippen LogP contribution in [0.15, 0.2) is 30.3 Å². The fraction of sp³-hybridized carbons (Fsp3) is 0.682. The lowest BCUT2D eigenvalue weighted by Crippen LogP contribution is -2.56. The zero-order valence-electron chi connectivity index (χ0n) is 20.1. The van der Waals surface area contributed by atoms with Crippen LogP contribution >= 0.6 is 19.4 Å². The van der Waals surface area contributed by atoms with Crippen molar-refractivity contribution >= 4 is 25.5 Å². The molecule has 0 unspecified atom stereocenters. The Bertz CT molecular complexity index is 791. The van der Waals surface area contributed by atoms with Crippen LogP contribution in [0, 0.1) is 0 Å². The van der Waals surface area contributed by atoms with Crippen molar-refractivity contribution in [2.75, 3.05) is 19.0 Å². The van der Waals surface area contributed by atoms with E-state index < -0.39 is 36.0 Å². The van der Waals surface area contributed by atoms with Crippen LogP contribution in [0.2, 0.25) is 0 Å². The Morgan fingerprint density at radius 1 is 1.25 bits per heavy atom. The van der Waals surface area contributed by atoms with Gasteiger partial charge in [-0.05, 0) is 54.0 Å². The average molecular weight is 489 g/mol. The quantitative estimate of drug-likeness (QED) is 0.357. The molecule has 0 aromatic heterocycles. The molecule has 1 saturated heterocycles. The number of hydrogen-bond acceptors (Lipinski definition) is 8. The van der Waals surface area contributed by atoms with Gasteiger partial charge < -0.3 is 19.0 Å². The molecule has 1 aliphatic heterocycles. The maximum atomic E-state index is 14.0. The molecule has 32 heavy (non-hydrogen) atoms. The van der Waals surface area contributed by atoms with Crippen LogP contribution in [0.1, 0.15) is 54.0 Å². The molecule has 1 heterocycles. The fourth-order valence-corrected chi connectivity index (χ4v) is 7.27. The maximum Gasteiger partial charge on any atom is 0.411 e. The second-order valence-corrected chi connectivity index (χ2v) is 12.8. The third-order valence-electron chi connectivity index (χ3n) is 4.89. The lowest BCUT2D eigenvalue weighted by molar-refractivity contribution is -0.134. The third kappa shape index (κ3) is 6.72. The summed E-state index contributed by atoms with van der Waals surface area (Å²) in [6, 6.07) is 8.68. The molecule has 182 valence electrons. The van der Waals surface area contributed by atoms with E-state index in [0.717, 1.165) is 10.6 Å². The van der Waals surface area contributed by atoms with E-state index in [0.29, 0.717) is 5.75 Å². The summed E-state index contributed by atoms with van der Waals surface area (Å²) in [4.78, 5) is 14.2. The molecular formula is C22H37N2O6PS. The highest BCUT2D eigenvalue weighted by atomic mass is 32.2. The van der Waals surface area contributed by atoms with Crippen LogP contribution in [-0.2, 0) is 24.9 Å². The minimum absolute atomic E-state index is 0.0966. The average Bonchev–Trinajstić information content (AvgIpc) is 2.96. The Morgan fingerprint density at radius 2 is 1.81 bits per heavy atom. The van der Waals surface area contributed by atoms with Gasteiger partial charge in [0.05, 0.1) is 24.1 Å². The van der Waals surface area contributed by atoms with Crippen molar-refractivity contribution < 1.29 is 28.4 Å². The zero-order valence-corrected chi connectivity index (χ0v) is 21.8. The van der Waals surface area contributed by atoms with Crippen molar-refractivity contribution in [1.29, 1.82) is 0 Å². The SMILES string of the molecule is CCOP(=O)(OCC)[C@@H]([C@@H]1CSC(C)(C)N1C(=O)OC(C)(C)C)N(O)Cc1ccccc1. The summed E-state index contributed by atoms with van der Waals surface area (Å²) in [6.07, 6.45) is -0.532. The summed E-state index contributed by atoms with van der Waals surface area (Å²) in [6.45, 7) is 13.0. The van der Waals surface area contributed by atoms with E-state index in [1.807, 2.05) is 44.2 Å². The van der Waals surface area contributed by atoms with E-state index in [1.165, 1.54) is 11.8 Å². The smallest absolute Gasteiger partial charge is 0.411 e. The van der Waals surface area contributed by atoms with Gasteiger partial charge in [0.2, 0.25) is 0 Å². The van der Waals surface area contributed by atoms with Crippen molar-refractivity contribution in [2.45, 2.75) is 77.3 Å². The second kappa shape index (κ2) is 10.9. The van der Waals surface area contributed by atoms with E-state index in [1.54, 1.807) is 39.5 Å². The van der Waals surface area contributed by atoms with Gasteiger partial charge in [-0.1, -0.05) is 30.3 Å². The molecule has 10 heteroatoms. The van der Waals surface area contributed by atoms with Gasteiger partial charge in [-0.2, -0.15) is 5.06 Å². The molecule has 0 bridgehead atoms. The number of rotatable bonds is 9. The molecule has 0 spiro atoms. The fourth-order valence-electron chi connectivity index (χ4n) is 3.70. The molecule has 1 N–H and O–H groups in total. The number of carbonyl (C=O) groups excluding carboxylic acids is 1. The first kappa shape index (κ1) is 27.2. The highest BCUT2D eigenvalue weighted by Crippen LogP contribution is 2.58. The Morgan fingerprint density at radius 3 is 2.31 bits per heavy atom. The molecule has 0 aliphatic carbocycles. The molecular weight excluding hydrogens is 451 g/mol. The number of hydroxylamine groups is 2. The predicted molar refractivity (Wildman–Crippen MR) is 127 cm³/mol. The Balaban J connectivity index is 2.50. The second-order valence-electron chi connectivity index (χ2n) is 9.05. The summed E-state index contributed by atoms with van der Waals surface area (Å²) in [7, 11) is -3.84. The van der Waals surface area contributed by atoms with Crippen molar-refractivity contribution in [3.63, 3.8) is 0 Å². The molecule has 0 radical (unpaired) electrons. The zero-order chi connectivity index (χ0) is 24.2. The standard InChI is InChI=1S/C22H37N2O6PS/c1-8-28-31(27,29-9-2)19(23(26)15-17-13-11-10-12-14-17)18-16-32-22(6,7)24(18)20(25)30-21(3,4)5/h10-14,18-19,26H,8-9,15-16H2,1-7H3/t18-,19-/m0/s1. The van der Waals surface area contributed by atoms with Crippen LogP contribution in [0.5, 0.6) is 0 Å². The molecule has 1 amide bonds. The lowest BCUT2D eigenvalue weighted by atomic mass is 10.2. The van der Waals surface area contributed by atoms with E-state index in [-0.39, 0.29) is 19.8 Å². The van der Waals surface area contributed by atoms with Crippen LogP contribution in [0.4, 0.5) is 4.79 Å². The minimum Gasteiger partial charge on any atom is -0.444 e. The summed E-state index contributed by atoms with van der Waals surface area (Å²) in [5, 5.41) is 12.2. The van der Waals surface area contributed by atoms with Crippen molar-refractivity contribution in [3.05, 3.63) is 35.9 Å². The number of carbonyl (C=O) groups is 1. The molecule has 1 aromatic carbocycles. The number of hydrogen-bond donors (Lipinski definition) is 1. The monoisotopic (exact) mass is 488 g/mol. The van der Waals surface area contributed by atoms with Gasteiger partial charge in [-0.25, -0.2) is 4.79 Å². The highest BCUT2D eigenvalue weighted by molar-refractivity contribution is 8.00. The molecule has 1 aromatic rings. The van der Waals surface area contributed by atoms with Crippen molar-refractivity contribution in [3.8, 4) is 0 Å². The summed E-state index contributed by atoms with van der Waals surface area (Å²) in [5.74, 6) is -0.656. The summed E-state index contributed by atoms with van der Waals surface area (Å²) in [5.41, 5.74) is 0.126. The predicted octanol–water partition coefficient (Wildman–Crippen LogP) is 5.56. The van der Waals surface area contributed by atoms with Gasteiger partial charge in [0.1, 0.15) is 5.60 Å². The van der Waals surface area contributed by atoms with Crippen LogP contribution < -0.4 is 0 Å². The first-order valence-corrected chi connectivity index (χ1v) is 13.5. The number of amides is 1.